The van der Waals surface area contributed by atoms with Gasteiger partial charge in [0.1, 0.15) is 5.57 Å². The summed E-state index contributed by atoms with van der Waals surface area (Å²) in [6.07, 6.45) is 2.29. The normalized spacial score (nSPS) is 16.2. The quantitative estimate of drug-likeness (QED) is 0.261. The van der Waals surface area contributed by atoms with Gasteiger partial charge in [-0.1, -0.05) is 22.9 Å². The van der Waals surface area contributed by atoms with E-state index in [1.165, 1.54) is 6.08 Å². The Morgan fingerprint density at radius 3 is 2.47 bits per heavy atom. The maximum Gasteiger partial charge on any atom is 0.335 e. The summed E-state index contributed by atoms with van der Waals surface area (Å²) in [5, 5.41) is 2.23. The summed E-state index contributed by atoms with van der Waals surface area (Å²) >= 11 is 5.46. The molecule has 1 heterocycles. The van der Waals surface area contributed by atoms with Crippen LogP contribution in [0, 0.1) is 3.57 Å². The third-order valence-electron chi connectivity index (χ3n) is 4.72. The minimum atomic E-state index is -0.790. The Bertz CT molecular complexity index is 1080. The molecule has 2 aromatic rings. The summed E-state index contributed by atoms with van der Waals surface area (Å²) in [5.74, 6) is -0.304. The van der Waals surface area contributed by atoms with Gasteiger partial charge in [0.2, 0.25) is 0 Å². The van der Waals surface area contributed by atoms with Crippen LogP contribution in [0.1, 0.15) is 32.8 Å². The molecule has 1 atom stereocenters. The maximum atomic E-state index is 13.1. The summed E-state index contributed by atoms with van der Waals surface area (Å²) in [4.78, 5) is 38.9. The van der Waals surface area contributed by atoms with Crippen LogP contribution in [0.4, 0.5) is 10.5 Å². The molecule has 3 rings (SSSR count). The fourth-order valence-electron chi connectivity index (χ4n) is 2.98. The van der Waals surface area contributed by atoms with E-state index in [-0.39, 0.29) is 11.7 Å². The number of benzene rings is 2. The number of nitrogens with zero attached hydrogens (tertiary/aromatic N) is 1. The average Bonchev–Trinajstić information content (AvgIpc) is 2.74. The summed E-state index contributed by atoms with van der Waals surface area (Å²) < 4.78 is 13.3. The molecule has 1 saturated heterocycles. The third kappa shape index (κ3) is 5.32. The highest BCUT2D eigenvalue weighted by Crippen LogP contribution is 2.36. The lowest BCUT2D eigenvalue weighted by atomic mass is 10.1. The Labute approximate surface area is 208 Å². The van der Waals surface area contributed by atoms with Gasteiger partial charge in [-0.25, -0.2) is 9.69 Å². The summed E-state index contributed by atoms with van der Waals surface area (Å²) in [6, 6.07) is 9.39. The number of barbiturate groups is 1. The largest absolute Gasteiger partial charge is 0.490 e. The molecule has 9 heteroatoms. The lowest BCUT2D eigenvalue weighted by Gasteiger charge is -2.26. The van der Waals surface area contributed by atoms with Crippen molar-refractivity contribution < 1.29 is 23.9 Å². The number of hydrogen-bond acceptors (Lipinski definition) is 5. The van der Waals surface area contributed by atoms with Crippen molar-refractivity contribution in [3.63, 3.8) is 0 Å². The molecule has 1 aliphatic rings. The fraction of sp³-hybridized carbons (Fsp3) is 0.261. The lowest BCUT2D eigenvalue weighted by Crippen LogP contribution is -2.54. The van der Waals surface area contributed by atoms with Crippen molar-refractivity contribution in [3.05, 3.63) is 55.6 Å². The fourth-order valence-corrected chi connectivity index (χ4v) is 4.00. The Morgan fingerprint density at radius 1 is 1.16 bits per heavy atom. The number of imide groups is 2. The molecule has 0 unspecified atom stereocenters. The highest BCUT2D eigenvalue weighted by molar-refractivity contribution is 14.1. The lowest BCUT2D eigenvalue weighted by molar-refractivity contribution is -0.122. The van der Waals surface area contributed by atoms with Crippen molar-refractivity contribution in [2.75, 3.05) is 11.5 Å². The standard InChI is InChI=1S/C23H22BrIN2O5/c1-4-13(3)32-20-18(25)11-14(12-19(20)31-5-2)10-17-21(28)26-23(30)27(22(17)29)16-8-6-15(24)7-9-16/h6-13H,4-5H2,1-3H3,(H,26,28,30)/b17-10+/t13-/m1/s1. The van der Waals surface area contributed by atoms with Crippen LogP contribution < -0.4 is 19.7 Å². The Morgan fingerprint density at radius 2 is 1.84 bits per heavy atom. The van der Waals surface area contributed by atoms with E-state index in [2.05, 4.69) is 43.8 Å². The van der Waals surface area contributed by atoms with Gasteiger partial charge in [-0.3, -0.25) is 14.9 Å². The van der Waals surface area contributed by atoms with E-state index in [0.29, 0.717) is 29.4 Å². The van der Waals surface area contributed by atoms with Crippen molar-refractivity contribution in [2.24, 2.45) is 0 Å². The molecule has 7 nitrogen and oxygen atoms in total. The number of nitrogens with one attached hydrogen (secondary N) is 1. The van der Waals surface area contributed by atoms with E-state index in [0.717, 1.165) is 19.4 Å². The second kappa shape index (κ2) is 10.5. The van der Waals surface area contributed by atoms with Crippen LogP contribution in [0.15, 0.2) is 46.4 Å². The first-order chi connectivity index (χ1) is 15.2. The number of carbonyl (C=O) groups excluding carboxylic acids is 3. The van der Waals surface area contributed by atoms with Crippen LogP contribution in [0.2, 0.25) is 0 Å². The average molecular weight is 613 g/mol. The van der Waals surface area contributed by atoms with E-state index in [9.17, 15) is 14.4 Å². The molecule has 0 aromatic heterocycles. The predicted octanol–water partition coefficient (Wildman–Crippen LogP) is 5.30. The van der Waals surface area contributed by atoms with Gasteiger partial charge < -0.3 is 9.47 Å². The van der Waals surface area contributed by atoms with Crippen molar-refractivity contribution in [2.45, 2.75) is 33.3 Å². The highest BCUT2D eigenvalue weighted by Gasteiger charge is 2.36. The molecule has 0 aliphatic carbocycles. The van der Waals surface area contributed by atoms with Gasteiger partial charge >= 0.3 is 6.03 Å². The molecule has 0 bridgehead atoms. The predicted molar refractivity (Wildman–Crippen MR) is 134 cm³/mol. The monoisotopic (exact) mass is 612 g/mol. The van der Waals surface area contributed by atoms with E-state index in [4.69, 9.17) is 9.47 Å². The molecule has 32 heavy (non-hydrogen) atoms. The number of ether oxygens (including phenoxy) is 2. The highest BCUT2D eigenvalue weighted by atomic mass is 127. The second-order valence-corrected chi connectivity index (χ2v) is 9.11. The second-order valence-electron chi connectivity index (χ2n) is 7.03. The van der Waals surface area contributed by atoms with Gasteiger partial charge in [0.25, 0.3) is 11.8 Å². The number of carbonyl (C=O) groups is 3. The number of urea groups is 1. The zero-order valence-corrected chi connectivity index (χ0v) is 21.5. The summed E-state index contributed by atoms with van der Waals surface area (Å²) in [5.41, 5.74) is 0.787. The Kier molecular flexibility index (Phi) is 7.94. The van der Waals surface area contributed by atoms with E-state index in [1.54, 1.807) is 36.4 Å². The first-order valence-electron chi connectivity index (χ1n) is 10.0. The Hall–Kier alpha value is -2.40. The van der Waals surface area contributed by atoms with Crippen LogP contribution >= 0.6 is 38.5 Å². The SMILES string of the molecule is CCOc1cc(/C=C2\C(=O)NC(=O)N(c3ccc(Br)cc3)C2=O)cc(I)c1O[C@H](C)CC. The zero-order valence-electron chi connectivity index (χ0n) is 17.8. The maximum absolute atomic E-state index is 13.1. The molecule has 1 aliphatic heterocycles. The van der Waals surface area contributed by atoms with Gasteiger partial charge in [0, 0.05) is 4.47 Å². The van der Waals surface area contributed by atoms with Gasteiger partial charge in [-0.2, -0.15) is 0 Å². The van der Waals surface area contributed by atoms with Crippen LogP contribution in [-0.2, 0) is 9.59 Å². The number of anilines is 1. The van der Waals surface area contributed by atoms with E-state index in [1.807, 2.05) is 20.8 Å². The molecule has 0 saturated carbocycles. The van der Waals surface area contributed by atoms with Gasteiger partial charge in [0.15, 0.2) is 11.5 Å². The van der Waals surface area contributed by atoms with Crippen LogP contribution in [0.3, 0.4) is 0 Å². The number of amides is 4. The van der Waals surface area contributed by atoms with Crippen molar-refractivity contribution in [3.8, 4) is 11.5 Å². The molecule has 1 N–H and O–H groups in total. The van der Waals surface area contributed by atoms with Crippen LogP contribution in [0.5, 0.6) is 11.5 Å². The molecule has 2 aromatic carbocycles. The van der Waals surface area contributed by atoms with Gasteiger partial charge in [0.05, 0.1) is 22.0 Å². The number of hydrogen-bond donors (Lipinski definition) is 1. The molecular formula is C23H22BrIN2O5. The zero-order chi connectivity index (χ0) is 23.4. The number of rotatable bonds is 7. The molecule has 168 valence electrons. The van der Waals surface area contributed by atoms with Crippen molar-refractivity contribution in [1.29, 1.82) is 0 Å². The van der Waals surface area contributed by atoms with Gasteiger partial charge in [-0.15, -0.1) is 0 Å². The first kappa shape index (κ1) is 24.2. The molecule has 1 fully saturated rings. The van der Waals surface area contributed by atoms with Crippen molar-refractivity contribution >= 4 is 68.1 Å². The molecule has 0 spiro atoms. The minimum Gasteiger partial charge on any atom is -0.490 e. The van der Waals surface area contributed by atoms with E-state index < -0.39 is 17.8 Å². The van der Waals surface area contributed by atoms with E-state index >= 15 is 0 Å². The van der Waals surface area contributed by atoms with Crippen LogP contribution in [0.25, 0.3) is 6.08 Å². The molecule has 0 radical (unpaired) electrons. The third-order valence-corrected chi connectivity index (χ3v) is 6.05. The number of halogens is 2. The van der Waals surface area contributed by atoms with Crippen LogP contribution in [-0.4, -0.2) is 30.6 Å². The Balaban J connectivity index is 2.01. The first-order valence-corrected chi connectivity index (χ1v) is 11.9. The van der Waals surface area contributed by atoms with Gasteiger partial charge in [-0.05, 0) is 90.9 Å². The summed E-state index contributed by atoms with van der Waals surface area (Å²) in [7, 11) is 0. The smallest absolute Gasteiger partial charge is 0.335 e. The molecular weight excluding hydrogens is 591 g/mol. The van der Waals surface area contributed by atoms with Crippen molar-refractivity contribution in [1.82, 2.24) is 5.32 Å². The topological polar surface area (TPSA) is 84.9 Å². The minimum absolute atomic E-state index is 0.00288. The molecule has 4 amide bonds. The summed E-state index contributed by atoms with van der Waals surface area (Å²) in [6.45, 7) is 6.30.